The highest BCUT2D eigenvalue weighted by Gasteiger charge is 2.53. The van der Waals surface area contributed by atoms with Crippen LogP contribution in [0, 0.1) is 11.8 Å². The van der Waals surface area contributed by atoms with Gasteiger partial charge in [-0.2, -0.15) is 5.01 Å². The summed E-state index contributed by atoms with van der Waals surface area (Å²) in [6.45, 7) is 1.51. The van der Waals surface area contributed by atoms with Gasteiger partial charge < -0.3 is 0 Å². The third kappa shape index (κ3) is 3.93. The van der Waals surface area contributed by atoms with Crippen LogP contribution < -0.4 is 0 Å². The van der Waals surface area contributed by atoms with Gasteiger partial charge in [0.05, 0.1) is 22.4 Å². The van der Waals surface area contributed by atoms with Crippen molar-refractivity contribution in [2.45, 2.75) is 38.6 Å². The van der Waals surface area contributed by atoms with Crippen LogP contribution in [0.15, 0.2) is 48.5 Å². The number of halogens is 2. The van der Waals surface area contributed by atoms with E-state index < -0.39 is 41.4 Å². The van der Waals surface area contributed by atoms with Crippen LogP contribution in [0.4, 0.5) is 0 Å². The Kier molecular flexibility index (Phi) is 6.35. The maximum absolute atomic E-state index is 13.6. The molecule has 6 nitrogen and oxygen atoms in total. The normalized spacial score (nSPS) is 21.3. The van der Waals surface area contributed by atoms with Crippen LogP contribution in [0.25, 0.3) is 0 Å². The van der Waals surface area contributed by atoms with Gasteiger partial charge in [0.15, 0.2) is 5.78 Å². The first kappa shape index (κ1) is 22.5. The van der Waals surface area contributed by atoms with Gasteiger partial charge in [-0.1, -0.05) is 48.2 Å². The summed E-state index contributed by atoms with van der Waals surface area (Å²) in [4.78, 5) is 53.4. The smallest absolute Gasteiger partial charge is 0.275 e. The molecule has 1 aliphatic carbocycles. The van der Waals surface area contributed by atoms with E-state index >= 15 is 0 Å². The van der Waals surface area contributed by atoms with Crippen LogP contribution in [0.1, 0.15) is 53.3 Å². The second kappa shape index (κ2) is 9.04. The minimum Gasteiger partial charge on any atom is -0.292 e. The number of imide groups is 1. The van der Waals surface area contributed by atoms with Crippen molar-refractivity contribution in [3.8, 4) is 0 Å². The molecule has 1 heterocycles. The number of amides is 3. The summed E-state index contributed by atoms with van der Waals surface area (Å²) in [5, 5.41) is 2.52. The molecule has 0 spiro atoms. The number of hydrazine groups is 1. The van der Waals surface area contributed by atoms with Crippen molar-refractivity contribution in [3.63, 3.8) is 0 Å². The van der Waals surface area contributed by atoms with Gasteiger partial charge in [-0.15, -0.1) is 0 Å². The van der Waals surface area contributed by atoms with Crippen LogP contribution in [0.5, 0.6) is 0 Å². The molecule has 0 unspecified atom stereocenters. The molecule has 2 aromatic rings. The van der Waals surface area contributed by atoms with Crippen LogP contribution in [-0.4, -0.2) is 39.6 Å². The third-order valence-corrected chi connectivity index (χ3v) is 6.80. The minimum absolute atomic E-state index is 0.111. The van der Waals surface area contributed by atoms with Gasteiger partial charge in [0.25, 0.3) is 17.7 Å². The van der Waals surface area contributed by atoms with E-state index in [-0.39, 0.29) is 10.6 Å². The van der Waals surface area contributed by atoms with E-state index in [1.807, 2.05) is 0 Å². The van der Waals surface area contributed by atoms with Gasteiger partial charge in [-0.3, -0.25) is 19.2 Å². The molecule has 166 valence electrons. The lowest BCUT2D eigenvalue weighted by Gasteiger charge is -2.35. The van der Waals surface area contributed by atoms with Crippen LogP contribution in [0.3, 0.4) is 0 Å². The monoisotopic (exact) mass is 472 g/mol. The lowest BCUT2D eigenvalue weighted by Crippen LogP contribution is -2.56. The van der Waals surface area contributed by atoms with Gasteiger partial charge in [0, 0.05) is 10.6 Å². The van der Waals surface area contributed by atoms with Gasteiger partial charge in [0.1, 0.15) is 6.04 Å². The first-order valence-electron chi connectivity index (χ1n) is 10.6. The van der Waals surface area contributed by atoms with Crippen molar-refractivity contribution >= 4 is 46.7 Å². The summed E-state index contributed by atoms with van der Waals surface area (Å²) in [6, 6.07) is 11.5. The fraction of sp³-hybridized carbons (Fsp3) is 0.333. The second-order valence-electron chi connectivity index (χ2n) is 8.16. The first-order chi connectivity index (χ1) is 15.3. The summed E-state index contributed by atoms with van der Waals surface area (Å²) in [5.74, 6) is -2.89. The Labute approximate surface area is 196 Å². The second-order valence-corrected chi connectivity index (χ2v) is 9.01. The van der Waals surface area contributed by atoms with Gasteiger partial charge in [-0.05, 0) is 56.2 Å². The zero-order valence-corrected chi connectivity index (χ0v) is 19.0. The third-order valence-electron chi connectivity index (χ3n) is 6.22. The Morgan fingerprint density at radius 1 is 0.938 bits per heavy atom. The number of fused-ring (bicyclic) bond motifs is 1. The molecule has 2 aromatic carbocycles. The molecule has 2 aliphatic rings. The number of benzene rings is 2. The van der Waals surface area contributed by atoms with Crippen molar-refractivity contribution in [2.24, 2.45) is 11.8 Å². The highest BCUT2D eigenvalue weighted by Crippen LogP contribution is 2.39. The molecule has 1 saturated heterocycles. The minimum atomic E-state index is -1.12. The Hall–Kier alpha value is -2.70. The summed E-state index contributed by atoms with van der Waals surface area (Å²) in [6.07, 6.45) is 2.90. The highest BCUT2D eigenvalue weighted by molar-refractivity contribution is 6.34. The Balaban J connectivity index is 1.76. The predicted molar refractivity (Wildman–Crippen MR) is 120 cm³/mol. The maximum atomic E-state index is 13.6. The molecule has 2 fully saturated rings. The van der Waals surface area contributed by atoms with Gasteiger partial charge in [-0.25, -0.2) is 5.01 Å². The van der Waals surface area contributed by atoms with Crippen molar-refractivity contribution in [1.29, 1.82) is 0 Å². The molecule has 4 rings (SSSR count). The molecular formula is C24H22Cl2N2O4. The predicted octanol–water partition coefficient (Wildman–Crippen LogP) is 4.80. The summed E-state index contributed by atoms with van der Waals surface area (Å²) in [7, 11) is 0. The fourth-order valence-electron chi connectivity index (χ4n) is 4.52. The molecule has 3 atom stereocenters. The lowest BCUT2D eigenvalue weighted by molar-refractivity contribution is -0.156. The number of carbonyl (C=O) groups excluding carboxylic acids is 4. The van der Waals surface area contributed by atoms with Crippen LogP contribution in [-0.2, 0) is 9.59 Å². The first-order valence-corrected chi connectivity index (χ1v) is 11.3. The number of ketones is 1. The summed E-state index contributed by atoms with van der Waals surface area (Å²) < 4.78 is 0. The number of carbonyl (C=O) groups is 4. The molecule has 1 saturated carbocycles. The number of hydrogen-bond donors (Lipinski definition) is 0. The standard InChI is InChI=1S/C24H22Cl2N2O4/c1-14(21(29)15-10-12-16(25)13-11-15)27(24(32)19-8-4-5-9-20(19)26)28-22(30)17-6-2-3-7-18(17)23(28)31/h4-5,8-14,17-18H,2-3,6-7H2,1H3/t14-,17-,18-/m1/s1. The number of Topliss-reactive ketones (excluding diaryl/α,β-unsaturated/α-hetero) is 1. The van der Waals surface area contributed by atoms with Crippen molar-refractivity contribution < 1.29 is 19.2 Å². The summed E-state index contributed by atoms with van der Waals surface area (Å²) in [5.41, 5.74) is 0.427. The van der Waals surface area contributed by atoms with E-state index in [2.05, 4.69) is 0 Å². The van der Waals surface area contributed by atoms with Crippen molar-refractivity contribution in [1.82, 2.24) is 10.0 Å². The maximum Gasteiger partial charge on any atom is 0.275 e. The number of rotatable bonds is 5. The molecule has 8 heteroatoms. The average molecular weight is 473 g/mol. The highest BCUT2D eigenvalue weighted by atomic mass is 35.5. The Bertz CT molecular complexity index is 1060. The Morgan fingerprint density at radius 3 is 2.06 bits per heavy atom. The number of nitrogens with zero attached hydrogens (tertiary/aromatic N) is 2. The van der Waals surface area contributed by atoms with E-state index in [9.17, 15) is 19.2 Å². The summed E-state index contributed by atoms with van der Waals surface area (Å²) >= 11 is 12.2. The largest absolute Gasteiger partial charge is 0.292 e. The van der Waals surface area contributed by atoms with E-state index in [1.165, 1.54) is 13.0 Å². The molecule has 0 radical (unpaired) electrons. The molecule has 1 aliphatic heterocycles. The molecule has 0 aromatic heterocycles. The lowest BCUT2D eigenvalue weighted by atomic mass is 9.81. The van der Waals surface area contributed by atoms with Crippen LogP contribution in [0.2, 0.25) is 10.0 Å². The molecule has 0 bridgehead atoms. The van der Waals surface area contributed by atoms with Crippen LogP contribution >= 0.6 is 23.2 Å². The SMILES string of the molecule is C[C@H](C(=O)c1ccc(Cl)cc1)N(C(=O)c1ccccc1Cl)N1C(=O)[C@@H]2CCCC[C@H]2C1=O. The molecular weight excluding hydrogens is 451 g/mol. The molecule has 0 N–H and O–H groups in total. The molecule has 32 heavy (non-hydrogen) atoms. The van der Waals surface area contributed by atoms with Gasteiger partial charge >= 0.3 is 0 Å². The quantitative estimate of drug-likeness (QED) is 0.462. The van der Waals surface area contributed by atoms with Crippen molar-refractivity contribution in [3.05, 3.63) is 69.7 Å². The Morgan fingerprint density at radius 2 is 1.50 bits per heavy atom. The zero-order valence-electron chi connectivity index (χ0n) is 17.5. The molecule has 3 amide bonds. The van der Waals surface area contributed by atoms with E-state index in [0.29, 0.717) is 23.4 Å². The van der Waals surface area contributed by atoms with E-state index in [4.69, 9.17) is 23.2 Å². The fourth-order valence-corrected chi connectivity index (χ4v) is 4.86. The topological polar surface area (TPSA) is 74.8 Å². The van der Waals surface area contributed by atoms with Crippen molar-refractivity contribution in [2.75, 3.05) is 0 Å². The van der Waals surface area contributed by atoms with Gasteiger partial charge in [0.2, 0.25) is 0 Å². The zero-order chi connectivity index (χ0) is 23.0. The number of hydrogen-bond acceptors (Lipinski definition) is 4. The average Bonchev–Trinajstić information content (AvgIpc) is 3.05. The van der Waals surface area contributed by atoms with E-state index in [1.54, 1.807) is 42.5 Å². The van der Waals surface area contributed by atoms with E-state index in [0.717, 1.165) is 22.9 Å².